The molecule has 3 N–H and O–H groups in total. The molecule has 0 aromatic heterocycles. The Morgan fingerprint density at radius 3 is 2.89 bits per heavy atom. The summed E-state index contributed by atoms with van der Waals surface area (Å²) in [5.41, 5.74) is 2.22. The van der Waals surface area contributed by atoms with Gasteiger partial charge in [0.15, 0.2) is 0 Å². The van der Waals surface area contributed by atoms with Crippen LogP contribution in [0, 0.1) is 0 Å². The van der Waals surface area contributed by atoms with E-state index in [1.165, 1.54) is 0 Å². The molecule has 1 amide bonds. The average molecular weight is 260 g/mol. The number of fused-ring (bicyclic) bond motifs is 1. The molecule has 2 atom stereocenters. The van der Waals surface area contributed by atoms with E-state index in [1.54, 1.807) is 0 Å². The number of aliphatic hydroxyl groups is 1. The maximum atomic E-state index is 11.9. The molecule has 2 aliphatic rings. The van der Waals surface area contributed by atoms with Crippen molar-refractivity contribution in [2.45, 2.75) is 44.2 Å². The molecule has 1 aromatic carbocycles. The molecule has 3 rings (SSSR count). The highest BCUT2D eigenvalue weighted by atomic mass is 16.3. The van der Waals surface area contributed by atoms with Gasteiger partial charge in [0, 0.05) is 11.7 Å². The smallest absolute Gasteiger partial charge is 0.234 e. The second-order valence-corrected chi connectivity index (χ2v) is 6.03. The van der Waals surface area contributed by atoms with Crippen molar-refractivity contribution in [2.75, 3.05) is 11.9 Å². The standard InChI is InChI=1S/C15H20N2O2/c1-15(2)10-8-9(5-6-11(10)17-14(15)19)13(18)12-4-3-7-16-12/h5-6,8,12-13,16,18H,3-4,7H2,1-2H3,(H,17,19). The topological polar surface area (TPSA) is 61.4 Å². The molecule has 2 heterocycles. The zero-order valence-electron chi connectivity index (χ0n) is 11.4. The van der Waals surface area contributed by atoms with Gasteiger partial charge >= 0.3 is 0 Å². The van der Waals surface area contributed by atoms with Gasteiger partial charge in [-0.3, -0.25) is 4.79 Å². The maximum Gasteiger partial charge on any atom is 0.234 e. The van der Waals surface area contributed by atoms with Crippen molar-refractivity contribution in [3.05, 3.63) is 29.3 Å². The Balaban J connectivity index is 1.94. The molecule has 2 unspecified atom stereocenters. The Morgan fingerprint density at radius 2 is 2.21 bits per heavy atom. The second kappa shape index (κ2) is 4.32. The summed E-state index contributed by atoms with van der Waals surface area (Å²) < 4.78 is 0. The number of rotatable bonds is 2. The third-order valence-electron chi connectivity index (χ3n) is 4.35. The van der Waals surface area contributed by atoms with E-state index in [0.29, 0.717) is 0 Å². The highest BCUT2D eigenvalue weighted by molar-refractivity contribution is 6.05. The molecular weight excluding hydrogens is 240 g/mol. The molecule has 4 heteroatoms. The third kappa shape index (κ3) is 1.95. The highest BCUT2D eigenvalue weighted by Crippen LogP contribution is 2.39. The van der Waals surface area contributed by atoms with Crippen LogP contribution in [0.1, 0.15) is 43.9 Å². The molecule has 1 fully saturated rings. The fourth-order valence-corrected chi connectivity index (χ4v) is 2.99. The minimum absolute atomic E-state index is 0.0214. The van der Waals surface area contributed by atoms with Gasteiger partial charge in [-0.15, -0.1) is 0 Å². The molecule has 102 valence electrons. The van der Waals surface area contributed by atoms with Crippen LogP contribution in [-0.4, -0.2) is 23.6 Å². The molecule has 19 heavy (non-hydrogen) atoms. The molecule has 2 aliphatic heterocycles. The van der Waals surface area contributed by atoms with Crippen LogP contribution in [0.2, 0.25) is 0 Å². The summed E-state index contributed by atoms with van der Waals surface area (Å²) in [6, 6.07) is 5.91. The Morgan fingerprint density at radius 1 is 1.42 bits per heavy atom. The van der Waals surface area contributed by atoms with Gasteiger partial charge in [-0.05, 0) is 50.4 Å². The van der Waals surface area contributed by atoms with E-state index < -0.39 is 11.5 Å². The summed E-state index contributed by atoms with van der Waals surface area (Å²) in [6.45, 7) is 4.80. The summed E-state index contributed by atoms with van der Waals surface area (Å²) in [7, 11) is 0. The molecule has 0 radical (unpaired) electrons. The van der Waals surface area contributed by atoms with E-state index in [4.69, 9.17) is 0 Å². The number of anilines is 1. The normalized spacial score (nSPS) is 26.1. The molecule has 1 aromatic rings. The first-order valence-corrected chi connectivity index (χ1v) is 6.87. The molecule has 4 nitrogen and oxygen atoms in total. The first kappa shape index (κ1) is 12.6. The van der Waals surface area contributed by atoms with Gasteiger partial charge in [0.05, 0.1) is 11.5 Å². The van der Waals surface area contributed by atoms with E-state index in [9.17, 15) is 9.90 Å². The van der Waals surface area contributed by atoms with Crippen molar-refractivity contribution in [3.8, 4) is 0 Å². The minimum Gasteiger partial charge on any atom is -0.387 e. The summed E-state index contributed by atoms with van der Waals surface area (Å²) in [6.07, 6.45) is 1.61. The molecule has 0 aliphatic carbocycles. The molecule has 1 saturated heterocycles. The number of carbonyl (C=O) groups is 1. The lowest BCUT2D eigenvalue weighted by Crippen LogP contribution is -2.29. The highest BCUT2D eigenvalue weighted by Gasteiger charge is 2.39. The van der Waals surface area contributed by atoms with Crippen LogP contribution in [0.15, 0.2) is 18.2 Å². The predicted octanol–water partition coefficient (Wildman–Crippen LogP) is 1.70. The van der Waals surface area contributed by atoms with E-state index in [-0.39, 0.29) is 11.9 Å². The van der Waals surface area contributed by atoms with E-state index in [2.05, 4.69) is 10.6 Å². The van der Waals surface area contributed by atoms with Crippen LogP contribution in [0.4, 0.5) is 5.69 Å². The summed E-state index contributed by atoms with van der Waals surface area (Å²) in [4.78, 5) is 11.9. The number of benzene rings is 1. The number of hydrogen-bond acceptors (Lipinski definition) is 3. The zero-order chi connectivity index (χ0) is 13.6. The van der Waals surface area contributed by atoms with Crippen molar-refractivity contribution >= 4 is 11.6 Å². The van der Waals surface area contributed by atoms with Crippen LogP contribution >= 0.6 is 0 Å². The lowest BCUT2D eigenvalue weighted by Gasteiger charge is -2.21. The van der Waals surface area contributed by atoms with Crippen molar-refractivity contribution in [1.82, 2.24) is 5.32 Å². The van der Waals surface area contributed by atoms with Crippen molar-refractivity contribution in [3.63, 3.8) is 0 Å². The van der Waals surface area contributed by atoms with Crippen LogP contribution in [0.3, 0.4) is 0 Å². The van der Waals surface area contributed by atoms with Crippen LogP contribution in [0.5, 0.6) is 0 Å². The number of amides is 1. The van der Waals surface area contributed by atoms with Gasteiger partial charge in [0.1, 0.15) is 0 Å². The first-order valence-electron chi connectivity index (χ1n) is 6.87. The molecule has 0 spiro atoms. The van der Waals surface area contributed by atoms with E-state index in [0.717, 1.165) is 36.2 Å². The van der Waals surface area contributed by atoms with Gasteiger partial charge < -0.3 is 15.7 Å². The number of nitrogens with one attached hydrogen (secondary N) is 2. The lowest BCUT2D eigenvalue weighted by atomic mass is 9.84. The Hall–Kier alpha value is -1.39. The maximum absolute atomic E-state index is 11.9. The van der Waals surface area contributed by atoms with Crippen molar-refractivity contribution in [1.29, 1.82) is 0 Å². The van der Waals surface area contributed by atoms with Crippen LogP contribution < -0.4 is 10.6 Å². The monoisotopic (exact) mass is 260 g/mol. The lowest BCUT2D eigenvalue weighted by molar-refractivity contribution is -0.119. The number of hydrogen-bond donors (Lipinski definition) is 3. The van der Waals surface area contributed by atoms with Gasteiger partial charge in [0.25, 0.3) is 0 Å². The molecular formula is C15H20N2O2. The summed E-state index contributed by atoms with van der Waals surface area (Å²) in [5.74, 6) is 0.0214. The minimum atomic E-state index is -0.520. The van der Waals surface area contributed by atoms with Crippen molar-refractivity contribution in [2.24, 2.45) is 0 Å². The van der Waals surface area contributed by atoms with Crippen LogP contribution in [0.25, 0.3) is 0 Å². The summed E-state index contributed by atoms with van der Waals surface area (Å²) >= 11 is 0. The van der Waals surface area contributed by atoms with Gasteiger partial charge in [-0.1, -0.05) is 12.1 Å². The van der Waals surface area contributed by atoms with E-state index >= 15 is 0 Å². The fraction of sp³-hybridized carbons (Fsp3) is 0.533. The Bertz CT molecular complexity index is 519. The second-order valence-electron chi connectivity index (χ2n) is 6.03. The van der Waals surface area contributed by atoms with Gasteiger partial charge in [-0.2, -0.15) is 0 Å². The average Bonchev–Trinajstić information content (AvgIpc) is 2.98. The first-order chi connectivity index (χ1) is 9.00. The Kier molecular flexibility index (Phi) is 2.87. The summed E-state index contributed by atoms with van der Waals surface area (Å²) in [5, 5.41) is 16.6. The van der Waals surface area contributed by atoms with Gasteiger partial charge in [-0.25, -0.2) is 0 Å². The largest absolute Gasteiger partial charge is 0.387 e. The van der Waals surface area contributed by atoms with E-state index in [1.807, 2.05) is 32.0 Å². The zero-order valence-corrected chi connectivity index (χ0v) is 11.4. The number of carbonyl (C=O) groups excluding carboxylic acids is 1. The van der Waals surface area contributed by atoms with Gasteiger partial charge in [0.2, 0.25) is 5.91 Å². The molecule has 0 saturated carbocycles. The predicted molar refractivity (Wildman–Crippen MR) is 74.1 cm³/mol. The Labute approximate surface area is 113 Å². The number of aliphatic hydroxyl groups excluding tert-OH is 1. The van der Waals surface area contributed by atoms with Crippen LogP contribution in [-0.2, 0) is 10.2 Å². The fourth-order valence-electron chi connectivity index (χ4n) is 2.99. The van der Waals surface area contributed by atoms with Crippen molar-refractivity contribution < 1.29 is 9.90 Å². The molecule has 0 bridgehead atoms. The SMILES string of the molecule is CC1(C)C(=O)Nc2ccc(C(O)C3CCCN3)cc21. The quantitative estimate of drug-likeness (QED) is 0.758. The third-order valence-corrected chi connectivity index (χ3v) is 4.35.